The molecule has 0 saturated carbocycles. The lowest BCUT2D eigenvalue weighted by atomic mass is 9.96. The molecule has 0 aliphatic heterocycles. The van der Waals surface area contributed by atoms with E-state index in [9.17, 15) is 9.59 Å². The van der Waals surface area contributed by atoms with Crippen molar-refractivity contribution in [2.45, 2.75) is 19.9 Å². The van der Waals surface area contributed by atoms with E-state index in [0.717, 1.165) is 5.56 Å². The van der Waals surface area contributed by atoms with E-state index in [1.165, 1.54) is 13.2 Å². The van der Waals surface area contributed by atoms with Gasteiger partial charge in [0.2, 0.25) is 0 Å². The largest absolute Gasteiger partial charge is 0.496 e. The number of carboxylic acids is 1. The Balaban J connectivity index is 3.21. The third-order valence-corrected chi connectivity index (χ3v) is 2.77. The molecule has 92 valence electrons. The number of ether oxygens (including phenoxy) is 1. The van der Waals surface area contributed by atoms with Gasteiger partial charge in [0.25, 0.3) is 0 Å². The molecule has 5 heteroatoms. The van der Waals surface area contributed by atoms with Gasteiger partial charge in [-0.1, -0.05) is 0 Å². The quantitative estimate of drug-likeness (QED) is 0.600. The molecule has 0 bridgehead atoms. The van der Waals surface area contributed by atoms with E-state index >= 15 is 0 Å². The first kappa shape index (κ1) is 13.2. The average molecular weight is 237 g/mol. The van der Waals surface area contributed by atoms with Crippen molar-refractivity contribution < 1.29 is 19.4 Å². The summed E-state index contributed by atoms with van der Waals surface area (Å²) in [6.07, 6.45) is 0. The van der Waals surface area contributed by atoms with Gasteiger partial charge in [-0.25, -0.2) is 0 Å². The number of rotatable bonds is 4. The number of carbonyl (C=O) groups excluding carboxylic acids is 1. The highest BCUT2D eigenvalue weighted by Crippen LogP contribution is 2.24. The fourth-order valence-electron chi connectivity index (χ4n) is 1.56. The number of Topliss-reactive ketones (excluding diaryl/α,β-unsaturated/α-hetero) is 1. The van der Waals surface area contributed by atoms with Gasteiger partial charge in [0.1, 0.15) is 5.75 Å². The summed E-state index contributed by atoms with van der Waals surface area (Å²) in [7, 11) is 1.53. The topological polar surface area (TPSA) is 89.6 Å². The van der Waals surface area contributed by atoms with Crippen molar-refractivity contribution in [2.75, 3.05) is 7.11 Å². The first-order valence-corrected chi connectivity index (χ1v) is 5.07. The number of methoxy groups -OCH3 is 1. The van der Waals surface area contributed by atoms with E-state index in [2.05, 4.69) is 0 Å². The van der Waals surface area contributed by atoms with Crippen LogP contribution < -0.4 is 10.5 Å². The van der Waals surface area contributed by atoms with Crippen LogP contribution in [0.1, 0.15) is 21.5 Å². The van der Waals surface area contributed by atoms with Crippen LogP contribution in [0.3, 0.4) is 0 Å². The van der Waals surface area contributed by atoms with E-state index in [1.54, 1.807) is 19.9 Å². The van der Waals surface area contributed by atoms with E-state index in [-0.39, 0.29) is 0 Å². The Morgan fingerprint density at radius 3 is 2.35 bits per heavy atom. The molecule has 0 saturated heterocycles. The van der Waals surface area contributed by atoms with E-state index in [1.807, 2.05) is 0 Å². The van der Waals surface area contributed by atoms with Crippen molar-refractivity contribution in [3.63, 3.8) is 0 Å². The van der Waals surface area contributed by atoms with Crippen molar-refractivity contribution in [3.8, 4) is 5.75 Å². The van der Waals surface area contributed by atoms with Crippen LogP contribution in [0.4, 0.5) is 0 Å². The Kier molecular flexibility index (Phi) is 3.85. The molecular weight excluding hydrogens is 222 g/mol. The normalized spacial score (nSPS) is 12.0. The number of benzene rings is 1. The number of aliphatic carboxylic acids is 1. The molecule has 0 aliphatic rings. The molecule has 0 radical (unpaired) electrons. The molecule has 0 amide bonds. The van der Waals surface area contributed by atoms with Gasteiger partial charge in [0, 0.05) is 5.56 Å². The highest BCUT2D eigenvalue weighted by Gasteiger charge is 2.24. The van der Waals surface area contributed by atoms with Gasteiger partial charge in [-0.3, -0.25) is 9.59 Å². The molecule has 0 heterocycles. The minimum Gasteiger partial charge on any atom is -0.496 e. The lowest BCUT2D eigenvalue weighted by Gasteiger charge is -2.13. The van der Waals surface area contributed by atoms with Crippen molar-refractivity contribution >= 4 is 11.8 Å². The summed E-state index contributed by atoms with van der Waals surface area (Å²) in [5.74, 6) is -1.27. The molecule has 0 aromatic heterocycles. The van der Waals surface area contributed by atoms with Gasteiger partial charge in [0.05, 0.1) is 7.11 Å². The third-order valence-electron chi connectivity index (χ3n) is 2.77. The number of nitrogens with two attached hydrogens (primary N) is 1. The van der Waals surface area contributed by atoms with Crippen LogP contribution >= 0.6 is 0 Å². The predicted molar refractivity (Wildman–Crippen MR) is 62.4 cm³/mol. The Bertz CT molecular complexity index is 468. The number of hydrogen-bond donors (Lipinski definition) is 2. The van der Waals surface area contributed by atoms with Crippen molar-refractivity contribution in [2.24, 2.45) is 5.73 Å². The first-order chi connectivity index (χ1) is 7.90. The van der Waals surface area contributed by atoms with Crippen molar-refractivity contribution in [1.82, 2.24) is 0 Å². The second-order valence-corrected chi connectivity index (χ2v) is 3.75. The summed E-state index contributed by atoms with van der Waals surface area (Å²) in [4.78, 5) is 22.5. The number of hydrogen-bond acceptors (Lipinski definition) is 4. The molecular formula is C12H15NO4. The van der Waals surface area contributed by atoms with Crippen molar-refractivity contribution in [1.29, 1.82) is 0 Å². The second-order valence-electron chi connectivity index (χ2n) is 3.75. The Morgan fingerprint density at radius 1 is 1.29 bits per heavy atom. The molecule has 1 unspecified atom stereocenters. The Labute approximate surface area is 99.2 Å². The molecule has 5 nitrogen and oxygen atoms in total. The Hall–Kier alpha value is -1.88. The standard InChI is InChI=1S/C12H15NO4/c1-6-7(2)9(17-3)5-4-8(6)11(14)10(13)12(15)16/h4-5,10H,13H2,1-3H3,(H,15,16). The fourth-order valence-corrected chi connectivity index (χ4v) is 1.56. The van der Waals surface area contributed by atoms with Crippen LogP contribution in [0.15, 0.2) is 12.1 Å². The van der Waals surface area contributed by atoms with E-state index in [4.69, 9.17) is 15.6 Å². The third kappa shape index (κ3) is 2.45. The molecule has 17 heavy (non-hydrogen) atoms. The highest BCUT2D eigenvalue weighted by atomic mass is 16.5. The van der Waals surface area contributed by atoms with E-state index < -0.39 is 17.8 Å². The van der Waals surface area contributed by atoms with Crippen LogP contribution in [0.25, 0.3) is 0 Å². The van der Waals surface area contributed by atoms with Gasteiger partial charge in [0.15, 0.2) is 11.8 Å². The molecule has 1 rings (SSSR count). The molecule has 0 spiro atoms. The molecule has 0 aliphatic carbocycles. The van der Waals surface area contributed by atoms with Gasteiger partial charge >= 0.3 is 5.97 Å². The zero-order valence-corrected chi connectivity index (χ0v) is 9.98. The zero-order valence-electron chi connectivity index (χ0n) is 9.98. The summed E-state index contributed by atoms with van der Waals surface area (Å²) < 4.78 is 5.11. The highest BCUT2D eigenvalue weighted by molar-refractivity contribution is 6.12. The number of carboxylic acid groups (broad SMARTS) is 1. The first-order valence-electron chi connectivity index (χ1n) is 5.07. The monoisotopic (exact) mass is 237 g/mol. The van der Waals surface area contributed by atoms with Crippen LogP contribution in [-0.4, -0.2) is 30.0 Å². The summed E-state index contributed by atoms with van der Waals surface area (Å²) >= 11 is 0. The number of carbonyl (C=O) groups is 2. The van der Waals surface area contributed by atoms with Crippen LogP contribution in [-0.2, 0) is 4.79 Å². The lowest BCUT2D eigenvalue weighted by Crippen LogP contribution is -2.38. The molecule has 1 atom stereocenters. The van der Waals surface area contributed by atoms with Gasteiger partial charge in [-0.2, -0.15) is 0 Å². The fraction of sp³-hybridized carbons (Fsp3) is 0.333. The Morgan fingerprint density at radius 2 is 1.88 bits per heavy atom. The van der Waals surface area contributed by atoms with Crippen molar-refractivity contribution in [3.05, 3.63) is 28.8 Å². The predicted octanol–water partition coefficient (Wildman–Crippen LogP) is 0.907. The summed E-state index contributed by atoms with van der Waals surface area (Å²) in [5, 5.41) is 8.70. The molecule has 1 aromatic rings. The van der Waals surface area contributed by atoms with Gasteiger partial charge in [-0.15, -0.1) is 0 Å². The zero-order chi connectivity index (χ0) is 13.2. The minimum absolute atomic E-state index is 0.318. The second kappa shape index (κ2) is 4.97. The lowest BCUT2D eigenvalue weighted by molar-refractivity contribution is -0.137. The maximum atomic E-state index is 11.8. The SMILES string of the molecule is COc1ccc(C(=O)C(N)C(=O)O)c(C)c1C. The summed E-state index contributed by atoms with van der Waals surface area (Å²) in [6.45, 7) is 3.54. The maximum absolute atomic E-state index is 11.8. The minimum atomic E-state index is -1.53. The van der Waals surface area contributed by atoms with Gasteiger partial charge < -0.3 is 15.6 Å². The van der Waals surface area contributed by atoms with Gasteiger partial charge in [-0.05, 0) is 37.1 Å². The number of ketones is 1. The summed E-state index contributed by atoms with van der Waals surface area (Å²) in [6, 6.07) is 1.64. The molecule has 1 aromatic carbocycles. The smallest absolute Gasteiger partial charge is 0.328 e. The maximum Gasteiger partial charge on any atom is 0.328 e. The van der Waals surface area contributed by atoms with Crippen LogP contribution in [0.2, 0.25) is 0 Å². The summed E-state index contributed by atoms with van der Waals surface area (Å²) in [5.41, 5.74) is 7.11. The molecule has 3 N–H and O–H groups in total. The average Bonchev–Trinajstić information content (AvgIpc) is 2.30. The molecule has 0 fully saturated rings. The van der Waals surface area contributed by atoms with E-state index in [0.29, 0.717) is 16.9 Å². The van der Waals surface area contributed by atoms with Crippen LogP contribution in [0.5, 0.6) is 5.75 Å². The van der Waals surface area contributed by atoms with Crippen LogP contribution in [0, 0.1) is 13.8 Å².